The van der Waals surface area contributed by atoms with E-state index in [1.165, 1.54) is 62.8 Å². The van der Waals surface area contributed by atoms with Crippen molar-refractivity contribution >= 4 is 6.03 Å². The number of amides is 2. The number of nitrogens with zero attached hydrogens (tertiary/aromatic N) is 3. The van der Waals surface area contributed by atoms with Crippen molar-refractivity contribution in [2.24, 2.45) is 16.1 Å². The molecule has 6 nitrogen and oxygen atoms in total. The van der Waals surface area contributed by atoms with E-state index in [0.717, 1.165) is 38.5 Å². The molecule has 1 aliphatic carbocycles. The van der Waals surface area contributed by atoms with Crippen LogP contribution in [0.3, 0.4) is 0 Å². The first-order valence-electron chi connectivity index (χ1n) is 11.8. The first kappa shape index (κ1) is 24.9. The van der Waals surface area contributed by atoms with Gasteiger partial charge in [0.2, 0.25) is 0 Å². The number of nitrogens with one attached hydrogen (secondary N) is 1. The Labute approximate surface area is 173 Å². The standard InChI is InChI=1S/C22H45N5O/c1-4-5-6-7-8-9-10-11-12-16-19-27(23)21(28)24-22(26-25-20(2)3)17-14-13-15-18-22/h20H,4-19,23H2,1-3H3,(H,24,28)/b26-25+. The van der Waals surface area contributed by atoms with Crippen molar-refractivity contribution in [2.45, 2.75) is 129 Å². The molecule has 0 heterocycles. The van der Waals surface area contributed by atoms with Crippen LogP contribution in [0.15, 0.2) is 10.2 Å². The molecule has 0 unspecified atom stereocenters. The van der Waals surface area contributed by atoms with E-state index in [1.807, 2.05) is 13.8 Å². The zero-order valence-electron chi connectivity index (χ0n) is 18.7. The number of hydrogen-bond acceptors (Lipinski definition) is 4. The highest BCUT2D eigenvalue weighted by Crippen LogP contribution is 2.30. The van der Waals surface area contributed by atoms with Gasteiger partial charge in [0.05, 0.1) is 6.04 Å². The van der Waals surface area contributed by atoms with Crippen LogP contribution in [0.1, 0.15) is 117 Å². The highest BCUT2D eigenvalue weighted by atomic mass is 16.2. The van der Waals surface area contributed by atoms with Crippen LogP contribution in [0.5, 0.6) is 0 Å². The summed E-state index contributed by atoms with van der Waals surface area (Å²) in [5, 5.41) is 13.2. The fourth-order valence-corrected chi connectivity index (χ4v) is 3.75. The molecular formula is C22H45N5O. The number of azo groups is 1. The smallest absolute Gasteiger partial charge is 0.311 e. The van der Waals surface area contributed by atoms with Crippen LogP contribution in [0, 0.1) is 0 Å². The van der Waals surface area contributed by atoms with Gasteiger partial charge >= 0.3 is 6.03 Å². The molecule has 3 N–H and O–H groups in total. The molecule has 0 aliphatic heterocycles. The van der Waals surface area contributed by atoms with E-state index in [4.69, 9.17) is 5.84 Å². The van der Waals surface area contributed by atoms with E-state index >= 15 is 0 Å². The molecule has 0 radical (unpaired) electrons. The van der Waals surface area contributed by atoms with Crippen LogP contribution in [0.25, 0.3) is 0 Å². The number of carbonyl (C=O) groups excluding carboxylic acids is 1. The number of nitrogens with two attached hydrogens (primary N) is 1. The summed E-state index contributed by atoms with van der Waals surface area (Å²) in [4.78, 5) is 12.5. The van der Waals surface area contributed by atoms with E-state index in [9.17, 15) is 4.79 Å². The molecule has 0 aromatic carbocycles. The van der Waals surface area contributed by atoms with E-state index in [2.05, 4.69) is 22.5 Å². The zero-order chi connectivity index (χ0) is 20.7. The van der Waals surface area contributed by atoms with Gasteiger partial charge in [-0.3, -0.25) is 5.01 Å². The van der Waals surface area contributed by atoms with E-state index in [0.29, 0.717) is 6.54 Å². The molecule has 0 saturated heterocycles. The highest BCUT2D eigenvalue weighted by molar-refractivity contribution is 5.74. The van der Waals surface area contributed by atoms with Gasteiger partial charge in [-0.15, -0.1) is 0 Å². The van der Waals surface area contributed by atoms with Gasteiger partial charge in [0, 0.05) is 6.54 Å². The van der Waals surface area contributed by atoms with Gasteiger partial charge in [-0.25, -0.2) is 10.6 Å². The van der Waals surface area contributed by atoms with E-state index < -0.39 is 5.66 Å². The van der Waals surface area contributed by atoms with Gasteiger partial charge in [0.25, 0.3) is 0 Å². The van der Waals surface area contributed by atoms with Gasteiger partial charge in [-0.2, -0.15) is 10.2 Å². The topological polar surface area (TPSA) is 83.1 Å². The van der Waals surface area contributed by atoms with Crippen LogP contribution in [0.4, 0.5) is 4.79 Å². The summed E-state index contributed by atoms with van der Waals surface area (Å²) in [5.41, 5.74) is -0.561. The quantitative estimate of drug-likeness (QED) is 0.119. The molecule has 0 aromatic heterocycles. The van der Waals surface area contributed by atoms with Gasteiger partial charge in [0.15, 0.2) is 5.66 Å². The lowest BCUT2D eigenvalue weighted by molar-refractivity contribution is 0.166. The Balaban J connectivity index is 2.22. The summed E-state index contributed by atoms with van der Waals surface area (Å²) < 4.78 is 0. The minimum Gasteiger partial charge on any atom is -0.311 e. The van der Waals surface area contributed by atoms with Crippen LogP contribution in [0.2, 0.25) is 0 Å². The van der Waals surface area contributed by atoms with Gasteiger partial charge < -0.3 is 5.32 Å². The monoisotopic (exact) mass is 395 g/mol. The Kier molecular flexibility index (Phi) is 13.1. The van der Waals surface area contributed by atoms with Crippen molar-refractivity contribution in [2.75, 3.05) is 6.54 Å². The fourth-order valence-electron chi connectivity index (χ4n) is 3.75. The summed E-state index contributed by atoms with van der Waals surface area (Å²) in [6.07, 6.45) is 17.8. The zero-order valence-corrected chi connectivity index (χ0v) is 18.7. The van der Waals surface area contributed by atoms with Crippen LogP contribution < -0.4 is 11.2 Å². The predicted molar refractivity (Wildman–Crippen MR) is 117 cm³/mol. The third kappa shape index (κ3) is 11.0. The molecule has 1 aliphatic rings. The van der Waals surface area contributed by atoms with Crippen molar-refractivity contribution in [1.29, 1.82) is 0 Å². The lowest BCUT2D eigenvalue weighted by Crippen LogP contribution is -2.55. The summed E-state index contributed by atoms with van der Waals surface area (Å²) in [6.45, 7) is 6.86. The molecule has 1 saturated carbocycles. The number of unbranched alkanes of at least 4 members (excludes halogenated alkanes) is 9. The Hall–Kier alpha value is -1.17. The molecule has 0 spiro atoms. The summed E-state index contributed by atoms with van der Waals surface area (Å²) in [7, 11) is 0. The third-order valence-electron chi connectivity index (χ3n) is 5.51. The molecule has 1 rings (SSSR count). The molecule has 0 atom stereocenters. The normalized spacial score (nSPS) is 16.6. The number of carbonyl (C=O) groups is 1. The van der Waals surface area contributed by atoms with Gasteiger partial charge in [0.1, 0.15) is 0 Å². The van der Waals surface area contributed by atoms with Crippen LogP contribution in [-0.4, -0.2) is 29.3 Å². The fraction of sp³-hybridized carbons (Fsp3) is 0.955. The van der Waals surface area contributed by atoms with Gasteiger partial charge in [-0.1, -0.05) is 71.1 Å². The summed E-state index contributed by atoms with van der Waals surface area (Å²) in [6, 6.07) is -0.0862. The molecule has 28 heavy (non-hydrogen) atoms. The number of urea groups is 1. The number of hydrazine groups is 1. The van der Waals surface area contributed by atoms with Gasteiger partial charge in [-0.05, 0) is 46.0 Å². The summed E-state index contributed by atoms with van der Waals surface area (Å²) in [5.74, 6) is 6.01. The Morgan fingerprint density at radius 3 is 2.04 bits per heavy atom. The van der Waals surface area contributed by atoms with Crippen molar-refractivity contribution in [3.05, 3.63) is 0 Å². The second-order valence-corrected chi connectivity index (χ2v) is 8.71. The molecule has 2 amide bonds. The van der Waals surface area contributed by atoms with Crippen LogP contribution in [-0.2, 0) is 0 Å². The van der Waals surface area contributed by atoms with Crippen molar-refractivity contribution in [1.82, 2.24) is 10.3 Å². The highest BCUT2D eigenvalue weighted by Gasteiger charge is 2.34. The van der Waals surface area contributed by atoms with Crippen molar-refractivity contribution < 1.29 is 4.79 Å². The number of rotatable bonds is 14. The van der Waals surface area contributed by atoms with E-state index in [-0.39, 0.29) is 12.1 Å². The van der Waals surface area contributed by atoms with E-state index in [1.54, 1.807) is 0 Å². The minimum atomic E-state index is -0.561. The maximum Gasteiger partial charge on any atom is 0.333 e. The minimum absolute atomic E-state index is 0.135. The average Bonchev–Trinajstić information content (AvgIpc) is 2.68. The molecule has 164 valence electrons. The molecule has 6 heteroatoms. The third-order valence-corrected chi connectivity index (χ3v) is 5.51. The largest absolute Gasteiger partial charge is 0.333 e. The Morgan fingerprint density at radius 1 is 0.964 bits per heavy atom. The Morgan fingerprint density at radius 2 is 1.50 bits per heavy atom. The maximum absolute atomic E-state index is 12.5. The summed E-state index contributed by atoms with van der Waals surface area (Å²) >= 11 is 0. The first-order chi connectivity index (χ1) is 13.5. The maximum atomic E-state index is 12.5. The molecule has 0 bridgehead atoms. The first-order valence-corrected chi connectivity index (χ1v) is 11.8. The predicted octanol–water partition coefficient (Wildman–Crippen LogP) is 6.31. The molecule has 1 fully saturated rings. The van der Waals surface area contributed by atoms with Crippen molar-refractivity contribution in [3.63, 3.8) is 0 Å². The lowest BCUT2D eigenvalue weighted by Gasteiger charge is -2.34. The second kappa shape index (κ2) is 14.8. The second-order valence-electron chi connectivity index (χ2n) is 8.71. The van der Waals surface area contributed by atoms with Crippen LogP contribution >= 0.6 is 0 Å². The number of hydrogen-bond donors (Lipinski definition) is 2. The molecule has 0 aromatic rings. The van der Waals surface area contributed by atoms with Crippen molar-refractivity contribution in [3.8, 4) is 0 Å². The average molecular weight is 396 g/mol. The molecular weight excluding hydrogens is 350 g/mol. The SMILES string of the molecule is CCCCCCCCCCCCN(N)C(=O)NC1(/N=N/C(C)C)CCCCC1. The Bertz CT molecular complexity index is 433. The lowest BCUT2D eigenvalue weighted by atomic mass is 9.89.